The Kier molecular flexibility index (Phi) is 15.5. The zero-order valence-electron chi connectivity index (χ0n) is 11.0. The third-order valence-electron chi connectivity index (χ3n) is 0.996. The number of hydrogen-bond donors (Lipinski definition) is 0. The van der Waals surface area contributed by atoms with E-state index < -0.39 is 0 Å². The van der Waals surface area contributed by atoms with Gasteiger partial charge < -0.3 is 21.6 Å². The molecular weight excluding hydrogens is 228 g/mol. The van der Waals surface area contributed by atoms with E-state index >= 15 is 0 Å². The van der Waals surface area contributed by atoms with Crippen LogP contribution in [0.3, 0.4) is 0 Å². The third-order valence-corrected chi connectivity index (χ3v) is 0.996. The van der Waals surface area contributed by atoms with Crippen molar-refractivity contribution in [1.29, 1.82) is 0 Å². The van der Waals surface area contributed by atoms with Gasteiger partial charge in [0.2, 0.25) is 0 Å². The maximum Gasteiger partial charge on any atom is 2.00 e. The normalized spacial score (nSPS) is 10.8. The van der Waals surface area contributed by atoms with Crippen LogP contribution in [0.2, 0.25) is 0 Å². The van der Waals surface area contributed by atoms with Crippen molar-refractivity contribution in [3.8, 4) is 0 Å². The fraction of sp³-hybridized carbons (Fsp3) is 0.818. The van der Waals surface area contributed by atoms with E-state index in [1.54, 1.807) is 0 Å². The van der Waals surface area contributed by atoms with Crippen molar-refractivity contribution in [2.45, 2.75) is 59.9 Å². The Bertz CT molecular complexity index is 103. The molecule has 0 amide bonds. The van der Waals surface area contributed by atoms with E-state index in [-0.39, 0.29) is 53.9 Å². The Labute approximate surface area is 110 Å². The second kappa shape index (κ2) is 11.1. The van der Waals surface area contributed by atoms with E-state index in [9.17, 15) is 0 Å². The van der Waals surface area contributed by atoms with Crippen LogP contribution in [0.1, 0.15) is 41.5 Å². The first-order valence-electron chi connectivity index (χ1n) is 4.78. The Hall–Kier alpha value is 0.594. The van der Waals surface area contributed by atoms with E-state index in [0.717, 1.165) is 0 Å². The predicted molar refractivity (Wildman–Crippen MR) is 58.3 cm³/mol. The zero-order chi connectivity index (χ0) is 10.4. The molecule has 0 atom stereocenters. The Balaban J connectivity index is -0.000000720. The summed E-state index contributed by atoms with van der Waals surface area (Å²) in [5.74, 6) is 0. The molecule has 15 heavy (non-hydrogen) atoms. The van der Waals surface area contributed by atoms with Crippen molar-refractivity contribution in [3.05, 3.63) is 13.9 Å². The van der Waals surface area contributed by atoms with Gasteiger partial charge in [0.05, 0.1) is 0 Å². The smallest absolute Gasteiger partial charge is 0.494 e. The average molecular weight is 252 g/mol. The molecule has 0 bridgehead atoms. The molecular formula is C11H24O3Ti. The van der Waals surface area contributed by atoms with Crippen molar-refractivity contribution in [3.63, 3.8) is 0 Å². The van der Waals surface area contributed by atoms with Gasteiger partial charge in [-0.25, -0.2) is 0 Å². The molecule has 0 saturated carbocycles. The first kappa shape index (κ1) is 20.9. The van der Waals surface area contributed by atoms with Crippen molar-refractivity contribution >= 4 is 0 Å². The molecule has 0 aliphatic rings. The van der Waals surface area contributed by atoms with Gasteiger partial charge in [-0.3, -0.25) is 0 Å². The largest absolute Gasteiger partial charge is 2.00 e. The zero-order valence-corrected chi connectivity index (χ0v) is 12.5. The molecule has 0 N–H and O–H groups in total. The summed E-state index contributed by atoms with van der Waals surface area (Å²) in [4.78, 5) is 0. The molecule has 0 unspecified atom stereocenters. The van der Waals surface area contributed by atoms with Crippen LogP contribution in [-0.2, 0) is 35.9 Å². The van der Waals surface area contributed by atoms with Gasteiger partial charge in [0.25, 0.3) is 0 Å². The summed E-state index contributed by atoms with van der Waals surface area (Å²) in [6.07, 6.45) is 0.229. The molecule has 0 radical (unpaired) electrons. The van der Waals surface area contributed by atoms with Crippen molar-refractivity contribution in [2.75, 3.05) is 0 Å². The third kappa shape index (κ3) is 14.6. The van der Waals surface area contributed by atoms with Crippen LogP contribution >= 0.6 is 0 Å². The van der Waals surface area contributed by atoms with Crippen LogP contribution in [0.4, 0.5) is 0 Å². The molecule has 90 valence electrons. The number of ether oxygens (including phenoxy) is 3. The Morgan fingerprint density at radius 2 is 0.867 bits per heavy atom. The van der Waals surface area contributed by atoms with Crippen molar-refractivity contribution in [1.82, 2.24) is 0 Å². The standard InChI is InChI=1S/C10H21O3.CH3.Ti/c1-7(2)11-10(12-8(3)4)13-9(5)6;;/h7-9H,1-6H3;1H3;/q2*-1;+2. The number of hydrogen-bond acceptors (Lipinski definition) is 3. The summed E-state index contributed by atoms with van der Waals surface area (Å²) in [5, 5.41) is 0. The summed E-state index contributed by atoms with van der Waals surface area (Å²) in [6.45, 7) is 11.9. The molecule has 0 aromatic rings. The Morgan fingerprint density at radius 1 is 0.667 bits per heavy atom. The van der Waals surface area contributed by atoms with Crippen LogP contribution in [0, 0.1) is 13.9 Å². The molecule has 3 nitrogen and oxygen atoms in total. The topological polar surface area (TPSA) is 27.7 Å². The maximum absolute atomic E-state index is 5.34. The maximum atomic E-state index is 5.34. The summed E-state index contributed by atoms with van der Waals surface area (Å²) < 4.78 is 16.0. The predicted octanol–water partition coefficient (Wildman–Crippen LogP) is 3.16. The molecule has 0 heterocycles. The van der Waals surface area contributed by atoms with E-state index in [2.05, 4.69) is 0 Å². The molecule has 0 rings (SSSR count). The van der Waals surface area contributed by atoms with Crippen LogP contribution in [0.25, 0.3) is 0 Å². The fourth-order valence-electron chi connectivity index (χ4n) is 0.661. The van der Waals surface area contributed by atoms with Crippen LogP contribution < -0.4 is 0 Å². The van der Waals surface area contributed by atoms with E-state index in [0.29, 0.717) is 0 Å². The summed E-state index contributed by atoms with van der Waals surface area (Å²) in [7, 11) is 0. The molecule has 0 aromatic heterocycles. The monoisotopic (exact) mass is 252 g/mol. The van der Waals surface area contributed by atoms with Crippen LogP contribution in [0.5, 0.6) is 0 Å². The van der Waals surface area contributed by atoms with Crippen molar-refractivity contribution in [2.24, 2.45) is 0 Å². The van der Waals surface area contributed by atoms with Gasteiger partial charge in [-0.15, -0.1) is 0 Å². The molecule has 4 heteroatoms. The van der Waals surface area contributed by atoms with E-state index in [1.807, 2.05) is 41.5 Å². The SMILES string of the molecule is CC(C)O[C-](OC(C)C)OC(C)C.[CH3-].[Ti+2]. The second-order valence-electron chi connectivity index (χ2n) is 3.75. The average Bonchev–Trinajstić information content (AvgIpc) is 1.80. The van der Waals surface area contributed by atoms with Gasteiger partial charge >= 0.3 is 21.7 Å². The fourth-order valence-corrected chi connectivity index (χ4v) is 0.661. The molecule has 0 saturated heterocycles. The van der Waals surface area contributed by atoms with Gasteiger partial charge in [0.1, 0.15) is 0 Å². The molecule has 0 spiro atoms. The van der Waals surface area contributed by atoms with Gasteiger partial charge in [-0.1, -0.05) is 0 Å². The van der Waals surface area contributed by atoms with Crippen LogP contribution in [-0.4, -0.2) is 18.3 Å². The van der Waals surface area contributed by atoms with Gasteiger partial charge in [0, 0.05) is 24.8 Å². The molecule has 0 aromatic carbocycles. The first-order chi connectivity index (χ1) is 5.91. The summed E-state index contributed by atoms with van der Waals surface area (Å²) in [6, 6.07) is 0. The summed E-state index contributed by atoms with van der Waals surface area (Å²) in [5.41, 5.74) is 0. The Morgan fingerprint density at radius 3 is 1.00 bits per heavy atom. The number of rotatable bonds is 6. The van der Waals surface area contributed by atoms with Gasteiger partial charge in [0.15, 0.2) is 0 Å². The van der Waals surface area contributed by atoms with E-state index in [1.165, 1.54) is 0 Å². The minimum Gasteiger partial charge on any atom is -0.494 e. The molecule has 0 aliphatic heterocycles. The van der Waals surface area contributed by atoms with Crippen LogP contribution in [0.15, 0.2) is 0 Å². The van der Waals surface area contributed by atoms with E-state index in [4.69, 9.17) is 14.2 Å². The summed E-state index contributed by atoms with van der Waals surface area (Å²) >= 11 is 0. The van der Waals surface area contributed by atoms with Gasteiger partial charge in [-0.05, 0) is 41.5 Å². The quantitative estimate of drug-likeness (QED) is 0.537. The van der Waals surface area contributed by atoms with Gasteiger partial charge in [-0.2, -0.15) is 0 Å². The second-order valence-corrected chi connectivity index (χ2v) is 3.75. The molecule has 0 aliphatic carbocycles. The minimum atomic E-state index is 0. The van der Waals surface area contributed by atoms with Crippen molar-refractivity contribution < 1.29 is 35.9 Å². The first-order valence-corrected chi connectivity index (χ1v) is 4.78. The molecule has 0 fully saturated rings. The minimum absolute atomic E-state index is 0.